The third-order valence-electron chi connectivity index (χ3n) is 2.38. The van der Waals surface area contributed by atoms with Crippen LogP contribution >= 0.6 is 0 Å². The molecule has 5 nitrogen and oxygen atoms in total. The minimum absolute atomic E-state index is 0.289. The van der Waals surface area contributed by atoms with E-state index in [9.17, 15) is 9.59 Å². The number of rotatable bonds is 4. The van der Waals surface area contributed by atoms with Gasteiger partial charge in [-0.15, -0.1) is 0 Å². The van der Waals surface area contributed by atoms with Gasteiger partial charge in [0.1, 0.15) is 5.76 Å². The molecule has 5 heteroatoms. The topological polar surface area (TPSA) is 85.3 Å². The van der Waals surface area contributed by atoms with Gasteiger partial charge < -0.3 is 15.5 Å². The van der Waals surface area contributed by atoms with Gasteiger partial charge in [0.2, 0.25) is 11.8 Å². The molecule has 0 bridgehead atoms. The smallest absolute Gasteiger partial charge is 0.248 e. The summed E-state index contributed by atoms with van der Waals surface area (Å²) < 4.78 is 5.06. The lowest BCUT2D eigenvalue weighted by atomic mass is 10.2. The van der Waals surface area contributed by atoms with Crippen LogP contribution in [0.2, 0.25) is 0 Å². The van der Waals surface area contributed by atoms with Gasteiger partial charge in [0.25, 0.3) is 0 Å². The number of nitrogens with two attached hydrogens (primary N) is 1. The zero-order valence-corrected chi connectivity index (χ0v) is 10.00. The third-order valence-corrected chi connectivity index (χ3v) is 2.38. The van der Waals surface area contributed by atoms with Gasteiger partial charge in [-0.3, -0.25) is 9.59 Å². The van der Waals surface area contributed by atoms with Crippen LogP contribution in [0.3, 0.4) is 0 Å². The van der Waals surface area contributed by atoms with E-state index in [0.29, 0.717) is 17.0 Å². The van der Waals surface area contributed by atoms with Crippen molar-refractivity contribution in [2.24, 2.45) is 5.73 Å². The van der Waals surface area contributed by atoms with Crippen molar-refractivity contribution < 1.29 is 14.0 Å². The molecule has 3 N–H and O–H groups in total. The molecule has 0 aliphatic heterocycles. The Kier molecular flexibility index (Phi) is 3.78. The fourth-order valence-corrected chi connectivity index (χ4v) is 1.45. The molecule has 2 rings (SSSR count). The molecule has 2 aromatic rings. The highest BCUT2D eigenvalue weighted by atomic mass is 16.3. The number of furan rings is 1. The maximum Gasteiger partial charge on any atom is 0.248 e. The molecule has 19 heavy (non-hydrogen) atoms. The van der Waals surface area contributed by atoms with Gasteiger partial charge in [-0.1, -0.05) is 0 Å². The summed E-state index contributed by atoms with van der Waals surface area (Å²) in [5.41, 5.74) is 6.09. The summed E-state index contributed by atoms with van der Waals surface area (Å²) in [6.07, 6.45) is 4.45. The second-order valence-corrected chi connectivity index (χ2v) is 3.78. The number of anilines is 1. The summed E-state index contributed by atoms with van der Waals surface area (Å²) in [5.74, 6) is -0.196. The SMILES string of the molecule is NC(=O)c1ccc(NC(=O)/C=C/c2ccco2)cc1. The Morgan fingerprint density at radius 1 is 1.16 bits per heavy atom. The summed E-state index contributed by atoms with van der Waals surface area (Å²) >= 11 is 0. The zero-order valence-electron chi connectivity index (χ0n) is 10.00. The van der Waals surface area contributed by atoms with Crippen LogP contribution in [0.4, 0.5) is 5.69 Å². The molecule has 0 saturated carbocycles. The van der Waals surface area contributed by atoms with Crippen LogP contribution in [0.5, 0.6) is 0 Å². The van der Waals surface area contributed by atoms with Crippen molar-refractivity contribution in [3.05, 3.63) is 60.1 Å². The largest absolute Gasteiger partial charge is 0.465 e. The maximum atomic E-state index is 11.6. The van der Waals surface area contributed by atoms with Crippen molar-refractivity contribution in [2.75, 3.05) is 5.32 Å². The summed E-state index contributed by atoms with van der Waals surface area (Å²) in [6, 6.07) is 9.80. The van der Waals surface area contributed by atoms with E-state index in [4.69, 9.17) is 10.2 Å². The minimum atomic E-state index is -0.504. The van der Waals surface area contributed by atoms with Gasteiger partial charge in [-0.2, -0.15) is 0 Å². The van der Waals surface area contributed by atoms with E-state index in [1.165, 1.54) is 12.3 Å². The zero-order chi connectivity index (χ0) is 13.7. The number of amides is 2. The Bertz CT molecular complexity index is 598. The Morgan fingerprint density at radius 3 is 2.47 bits per heavy atom. The van der Waals surface area contributed by atoms with Crippen LogP contribution in [0.1, 0.15) is 16.1 Å². The molecule has 2 amide bonds. The Morgan fingerprint density at radius 2 is 1.89 bits per heavy atom. The van der Waals surface area contributed by atoms with Gasteiger partial charge in [0.15, 0.2) is 0 Å². The predicted octanol–water partition coefficient (Wildman–Crippen LogP) is 2.03. The number of carbonyl (C=O) groups excluding carboxylic acids is 2. The number of hydrogen-bond donors (Lipinski definition) is 2. The van der Waals surface area contributed by atoms with Gasteiger partial charge in [0, 0.05) is 17.3 Å². The second-order valence-electron chi connectivity index (χ2n) is 3.78. The van der Waals surface area contributed by atoms with E-state index >= 15 is 0 Å². The van der Waals surface area contributed by atoms with Crippen LogP contribution in [-0.4, -0.2) is 11.8 Å². The number of carbonyl (C=O) groups is 2. The first kappa shape index (κ1) is 12.6. The van der Waals surface area contributed by atoms with Gasteiger partial charge in [-0.05, 0) is 42.5 Å². The van der Waals surface area contributed by atoms with Crippen molar-refractivity contribution in [3.63, 3.8) is 0 Å². The average molecular weight is 256 g/mol. The van der Waals surface area contributed by atoms with Gasteiger partial charge in [0.05, 0.1) is 6.26 Å². The molecule has 0 spiro atoms. The van der Waals surface area contributed by atoms with Crippen molar-refractivity contribution in [3.8, 4) is 0 Å². The molecule has 0 unspecified atom stereocenters. The predicted molar refractivity (Wildman–Crippen MR) is 71.3 cm³/mol. The maximum absolute atomic E-state index is 11.6. The summed E-state index contributed by atoms with van der Waals surface area (Å²) in [4.78, 5) is 22.5. The summed E-state index contributed by atoms with van der Waals surface area (Å²) in [6.45, 7) is 0. The van der Waals surface area contributed by atoms with E-state index in [0.717, 1.165) is 0 Å². The van der Waals surface area contributed by atoms with Gasteiger partial charge in [-0.25, -0.2) is 0 Å². The lowest BCUT2D eigenvalue weighted by Gasteiger charge is -2.02. The lowest BCUT2D eigenvalue weighted by molar-refractivity contribution is -0.111. The van der Waals surface area contributed by atoms with E-state index in [2.05, 4.69) is 5.32 Å². The van der Waals surface area contributed by atoms with Crippen LogP contribution in [0, 0.1) is 0 Å². The molecule has 1 heterocycles. The van der Waals surface area contributed by atoms with Crippen molar-refractivity contribution in [2.45, 2.75) is 0 Å². The average Bonchev–Trinajstić information content (AvgIpc) is 2.90. The van der Waals surface area contributed by atoms with Crippen LogP contribution in [-0.2, 0) is 4.79 Å². The van der Waals surface area contributed by atoms with E-state index in [1.807, 2.05) is 0 Å². The molecule has 0 atom stereocenters. The van der Waals surface area contributed by atoms with Crippen LogP contribution in [0.25, 0.3) is 6.08 Å². The monoisotopic (exact) mass is 256 g/mol. The Balaban J connectivity index is 1.97. The highest BCUT2D eigenvalue weighted by Crippen LogP contribution is 2.09. The summed E-state index contributed by atoms with van der Waals surface area (Å²) in [5, 5.41) is 2.65. The molecular formula is C14H12N2O3. The summed E-state index contributed by atoms with van der Waals surface area (Å²) in [7, 11) is 0. The third kappa shape index (κ3) is 3.57. The van der Waals surface area contributed by atoms with Crippen LogP contribution in [0.15, 0.2) is 53.2 Å². The molecule has 0 saturated heterocycles. The van der Waals surface area contributed by atoms with Crippen molar-refractivity contribution in [1.82, 2.24) is 0 Å². The number of benzene rings is 1. The molecule has 0 radical (unpaired) electrons. The van der Waals surface area contributed by atoms with Crippen molar-refractivity contribution >= 4 is 23.6 Å². The normalized spacial score (nSPS) is 10.5. The van der Waals surface area contributed by atoms with E-state index < -0.39 is 5.91 Å². The fraction of sp³-hybridized carbons (Fsp3) is 0. The number of nitrogens with one attached hydrogen (secondary N) is 1. The number of primary amides is 1. The molecule has 96 valence electrons. The highest BCUT2D eigenvalue weighted by Gasteiger charge is 2.01. The van der Waals surface area contributed by atoms with Crippen molar-refractivity contribution in [1.29, 1.82) is 0 Å². The fourth-order valence-electron chi connectivity index (χ4n) is 1.45. The second kappa shape index (κ2) is 5.68. The first-order chi connectivity index (χ1) is 9.15. The highest BCUT2D eigenvalue weighted by molar-refractivity contribution is 6.02. The molecule has 0 fully saturated rings. The van der Waals surface area contributed by atoms with E-state index in [1.54, 1.807) is 42.5 Å². The molecule has 1 aromatic carbocycles. The lowest BCUT2D eigenvalue weighted by Crippen LogP contribution is -2.11. The Labute approximate surface area is 109 Å². The number of hydrogen-bond acceptors (Lipinski definition) is 3. The first-order valence-corrected chi connectivity index (χ1v) is 5.57. The van der Waals surface area contributed by atoms with Crippen LogP contribution < -0.4 is 11.1 Å². The Hall–Kier alpha value is -2.82. The molecular weight excluding hydrogens is 244 g/mol. The van der Waals surface area contributed by atoms with E-state index in [-0.39, 0.29) is 5.91 Å². The van der Waals surface area contributed by atoms with Gasteiger partial charge >= 0.3 is 0 Å². The standard InChI is InChI=1S/C14H12N2O3/c15-14(18)10-3-5-11(6-4-10)16-13(17)8-7-12-2-1-9-19-12/h1-9H,(H2,15,18)(H,16,17)/b8-7+. The first-order valence-electron chi connectivity index (χ1n) is 5.57. The molecule has 0 aliphatic rings. The quantitative estimate of drug-likeness (QED) is 0.821. The molecule has 1 aromatic heterocycles. The minimum Gasteiger partial charge on any atom is -0.465 e. The molecule has 0 aliphatic carbocycles.